The van der Waals surface area contributed by atoms with E-state index in [0.29, 0.717) is 0 Å². The van der Waals surface area contributed by atoms with Crippen molar-refractivity contribution in [3.63, 3.8) is 0 Å². The minimum absolute atomic E-state index is 0.0670. The van der Waals surface area contributed by atoms with Gasteiger partial charge < -0.3 is 15.8 Å². The molecule has 0 aliphatic heterocycles. The number of hydrogen-bond acceptors (Lipinski definition) is 5. The number of halogens is 3. The van der Waals surface area contributed by atoms with Crippen LogP contribution in [0.5, 0.6) is 0 Å². The molecule has 5 nitrogen and oxygen atoms in total. The Hall–Kier alpha value is -2.69. The number of rotatable bonds is 4. The van der Waals surface area contributed by atoms with Crippen molar-refractivity contribution < 1.29 is 22.7 Å². The fourth-order valence-electron chi connectivity index (χ4n) is 1.38. The van der Waals surface area contributed by atoms with Gasteiger partial charge in [-0.15, -0.1) is 0 Å². The Morgan fingerprint density at radius 3 is 2.38 bits per heavy atom. The first-order chi connectivity index (χ1) is 9.79. The van der Waals surface area contributed by atoms with E-state index in [2.05, 4.69) is 10.1 Å². The third-order valence-corrected chi connectivity index (χ3v) is 2.35. The molecular weight excluding hydrogens is 287 g/mol. The van der Waals surface area contributed by atoms with Crippen LogP contribution in [0.1, 0.15) is 12.5 Å². The van der Waals surface area contributed by atoms with Crippen molar-refractivity contribution in [2.45, 2.75) is 13.1 Å². The SMILES string of the molecule is CCOC(=O)/C(C#N)=C(/N)Nc1ccc(C(F)(F)F)cc1. The Morgan fingerprint density at radius 1 is 1.38 bits per heavy atom. The average Bonchev–Trinajstić information content (AvgIpc) is 2.39. The highest BCUT2D eigenvalue weighted by Gasteiger charge is 2.30. The van der Waals surface area contributed by atoms with Crippen LogP contribution in [0, 0.1) is 11.3 Å². The lowest BCUT2D eigenvalue weighted by Crippen LogP contribution is -2.18. The van der Waals surface area contributed by atoms with Gasteiger partial charge in [-0.3, -0.25) is 0 Å². The summed E-state index contributed by atoms with van der Waals surface area (Å²) in [5.41, 5.74) is 4.48. The summed E-state index contributed by atoms with van der Waals surface area (Å²) in [4.78, 5) is 11.4. The maximum atomic E-state index is 12.4. The zero-order chi connectivity index (χ0) is 16.0. The van der Waals surface area contributed by atoms with E-state index in [1.165, 1.54) is 0 Å². The topological polar surface area (TPSA) is 88.1 Å². The third kappa shape index (κ3) is 4.42. The number of benzene rings is 1. The van der Waals surface area contributed by atoms with Gasteiger partial charge in [0, 0.05) is 5.69 Å². The first-order valence-electron chi connectivity index (χ1n) is 5.80. The van der Waals surface area contributed by atoms with E-state index in [1.54, 1.807) is 13.0 Å². The summed E-state index contributed by atoms with van der Waals surface area (Å²) >= 11 is 0. The number of nitrogens with zero attached hydrogens (tertiary/aromatic N) is 1. The lowest BCUT2D eigenvalue weighted by molar-refractivity contribution is -0.138. The molecule has 0 aliphatic carbocycles. The van der Waals surface area contributed by atoms with Crippen molar-refractivity contribution >= 4 is 11.7 Å². The molecule has 0 unspecified atom stereocenters. The van der Waals surface area contributed by atoms with E-state index >= 15 is 0 Å². The second-order valence-electron chi connectivity index (χ2n) is 3.82. The number of carbonyl (C=O) groups is 1. The van der Waals surface area contributed by atoms with Gasteiger partial charge in [0.1, 0.15) is 11.9 Å². The van der Waals surface area contributed by atoms with Gasteiger partial charge in [-0.1, -0.05) is 0 Å². The van der Waals surface area contributed by atoms with Gasteiger partial charge in [0.25, 0.3) is 0 Å². The van der Waals surface area contributed by atoms with E-state index in [-0.39, 0.29) is 18.1 Å². The average molecular weight is 299 g/mol. The lowest BCUT2D eigenvalue weighted by atomic mass is 10.2. The van der Waals surface area contributed by atoms with Gasteiger partial charge in [-0.2, -0.15) is 18.4 Å². The minimum Gasteiger partial charge on any atom is -0.462 e. The highest BCUT2D eigenvalue weighted by molar-refractivity contribution is 5.94. The van der Waals surface area contributed by atoms with Crippen LogP contribution in [-0.2, 0) is 15.7 Å². The van der Waals surface area contributed by atoms with Gasteiger partial charge in [-0.05, 0) is 31.2 Å². The zero-order valence-corrected chi connectivity index (χ0v) is 11.0. The zero-order valence-electron chi connectivity index (χ0n) is 11.0. The Bertz CT molecular complexity index is 586. The highest BCUT2D eigenvalue weighted by atomic mass is 19.4. The van der Waals surface area contributed by atoms with E-state index in [1.807, 2.05) is 0 Å². The van der Waals surface area contributed by atoms with E-state index in [9.17, 15) is 18.0 Å². The Morgan fingerprint density at radius 2 is 1.95 bits per heavy atom. The predicted molar refractivity (Wildman–Crippen MR) is 68.5 cm³/mol. The van der Waals surface area contributed by atoms with Crippen LogP contribution in [0.4, 0.5) is 18.9 Å². The van der Waals surface area contributed by atoms with Crippen LogP contribution in [0.2, 0.25) is 0 Å². The first-order valence-corrected chi connectivity index (χ1v) is 5.80. The fourth-order valence-corrected chi connectivity index (χ4v) is 1.38. The maximum absolute atomic E-state index is 12.4. The normalized spacial score (nSPS) is 12.1. The van der Waals surface area contributed by atoms with Crippen molar-refractivity contribution in [2.24, 2.45) is 5.73 Å². The molecule has 0 aliphatic rings. The van der Waals surface area contributed by atoms with Crippen molar-refractivity contribution in [1.29, 1.82) is 5.26 Å². The number of anilines is 1. The number of nitriles is 1. The Labute approximate surface area is 118 Å². The molecule has 1 aromatic carbocycles. The van der Waals surface area contributed by atoms with Gasteiger partial charge >= 0.3 is 12.1 Å². The molecule has 1 aromatic rings. The van der Waals surface area contributed by atoms with Crippen LogP contribution < -0.4 is 11.1 Å². The summed E-state index contributed by atoms with van der Waals surface area (Å²) in [5.74, 6) is -1.20. The molecule has 0 heterocycles. The van der Waals surface area contributed by atoms with Gasteiger partial charge in [-0.25, -0.2) is 4.79 Å². The summed E-state index contributed by atoms with van der Waals surface area (Å²) in [6.07, 6.45) is -4.44. The van der Waals surface area contributed by atoms with Crippen LogP contribution in [-0.4, -0.2) is 12.6 Å². The van der Waals surface area contributed by atoms with Crippen LogP contribution >= 0.6 is 0 Å². The summed E-state index contributed by atoms with van der Waals surface area (Å²) in [6.45, 7) is 1.63. The molecule has 3 N–H and O–H groups in total. The molecule has 0 fully saturated rings. The summed E-state index contributed by atoms with van der Waals surface area (Å²) in [5, 5.41) is 11.3. The molecule has 1 rings (SSSR count). The summed E-state index contributed by atoms with van der Waals surface area (Å²) in [7, 11) is 0. The fraction of sp³-hybridized carbons (Fsp3) is 0.231. The second-order valence-corrected chi connectivity index (χ2v) is 3.82. The molecule has 0 bridgehead atoms. The quantitative estimate of drug-likeness (QED) is 0.506. The second kappa shape index (κ2) is 6.65. The number of esters is 1. The molecule has 21 heavy (non-hydrogen) atoms. The van der Waals surface area contributed by atoms with E-state index in [0.717, 1.165) is 24.3 Å². The van der Waals surface area contributed by atoms with Crippen molar-refractivity contribution in [3.8, 4) is 6.07 Å². The molecule has 0 saturated heterocycles. The Kier molecular flexibility index (Phi) is 5.18. The van der Waals surface area contributed by atoms with Crippen LogP contribution in [0.25, 0.3) is 0 Å². The molecule has 0 aromatic heterocycles. The number of hydrogen-bond donors (Lipinski definition) is 2. The molecule has 0 atom stereocenters. The van der Waals surface area contributed by atoms with E-state index < -0.39 is 23.3 Å². The number of nitrogens with two attached hydrogens (primary N) is 1. The van der Waals surface area contributed by atoms with E-state index in [4.69, 9.17) is 11.0 Å². The Balaban J connectivity index is 2.94. The summed E-state index contributed by atoms with van der Waals surface area (Å²) < 4.78 is 41.8. The third-order valence-electron chi connectivity index (χ3n) is 2.35. The van der Waals surface area contributed by atoms with Gasteiger partial charge in [0.05, 0.1) is 12.2 Å². The molecular formula is C13H12F3N3O2. The largest absolute Gasteiger partial charge is 0.462 e. The number of nitrogens with one attached hydrogen (secondary N) is 1. The van der Waals surface area contributed by atoms with Crippen molar-refractivity contribution in [1.82, 2.24) is 0 Å². The van der Waals surface area contributed by atoms with Crippen molar-refractivity contribution in [2.75, 3.05) is 11.9 Å². The molecule has 8 heteroatoms. The maximum Gasteiger partial charge on any atom is 0.416 e. The van der Waals surface area contributed by atoms with Gasteiger partial charge in [0.2, 0.25) is 0 Å². The molecule has 0 radical (unpaired) electrons. The summed E-state index contributed by atoms with van der Waals surface area (Å²) in [6, 6.07) is 5.56. The number of ether oxygens (including phenoxy) is 1. The number of alkyl halides is 3. The first kappa shape index (κ1) is 16.4. The molecule has 0 amide bonds. The lowest BCUT2D eigenvalue weighted by Gasteiger charge is -2.10. The standard InChI is InChI=1S/C13H12F3N3O2/c1-2-21-12(20)10(7-17)11(18)19-9-5-3-8(4-6-9)13(14,15)16/h3-6,19H,2,18H2,1H3/b11-10-. The van der Waals surface area contributed by atoms with Crippen LogP contribution in [0.3, 0.4) is 0 Å². The molecule has 0 spiro atoms. The smallest absolute Gasteiger partial charge is 0.416 e. The minimum atomic E-state index is -4.44. The van der Waals surface area contributed by atoms with Crippen molar-refractivity contribution in [3.05, 3.63) is 41.2 Å². The molecule has 0 saturated carbocycles. The van der Waals surface area contributed by atoms with Gasteiger partial charge in [0.15, 0.2) is 5.57 Å². The number of carbonyl (C=O) groups excluding carboxylic acids is 1. The predicted octanol–water partition coefficient (Wildman–Crippen LogP) is 2.37. The highest BCUT2D eigenvalue weighted by Crippen LogP contribution is 2.29. The van der Waals surface area contributed by atoms with Crippen LogP contribution in [0.15, 0.2) is 35.7 Å². The molecule has 112 valence electrons. The monoisotopic (exact) mass is 299 g/mol.